The Bertz CT molecular complexity index is 638. The first-order valence-corrected chi connectivity index (χ1v) is 7.18. The number of aryl methyl sites for hydroxylation is 2. The number of carbonyl (C=O) groups is 1. The molecule has 1 aromatic heterocycles. The van der Waals surface area contributed by atoms with Gasteiger partial charge < -0.3 is 15.7 Å². The van der Waals surface area contributed by atoms with Gasteiger partial charge in [0.2, 0.25) is 11.9 Å². The van der Waals surface area contributed by atoms with Crippen LogP contribution in [0, 0.1) is 13.8 Å². The summed E-state index contributed by atoms with van der Waals surface area (Å²) in [6.07, 6.45) is 1.05. The average Bonchev–Trinajstić information content (AvgIpc) is 2.42. The molecule has 0 bridgehead atoms. The van der Waals surface area contributed by atoms with E-state index in [2.05, 4.69) is 20.6 Å². The van der Waals surface area contributed by atoms with Crippen LogP contribution in [-0.4, -0.2) is 27.5 Å². The summed E-state index contributed by atoms with van der Waals surface area (Å²) in [5.41, 5.74) is 2.42. The SMILES string of the molecule is Cc1cc(C)nc(NCCCC(=O)Nc2cccc(O)c2)n1. The quantitative estimate of drug-likeness (QED) is 0.714. The van der Waals surface area contributed by atoms with E-state index in [0.717, 1.165) is 11.4 Å². The summed E-state index contributed by atoms with van der Waals surface area (Å²) in [5.74, 6) is 0.631. The van der Waals surface area contributed by atoms with Crippen LogP contribution in [0.4, 0.5) is 11.6 Å². The molecule has 1 heterocycles. The van der Waals surface area contributed by atoms with E-state index in [1.807, 2.05) is 19.9 Å². The number of hydrogen-bond donors (Lipinski definition) is 3. The Labute approximate surface area is 129 Å². The number of phenolic OH excluding ortho intramolecular Hbond substituents is 1. The molecule has 0 fully saturated rings. The summed E-state index contributed by atoms with van der Waals surface area (Å²) in [7, 11) is 0. The Morgan fingerprint density at radius 1 is 1.18 bits per heavy atom. The zero-order valence-corrected chi connectivity index (χ0v) is 12.8. The maximum Gasteiger partial charge on any atom is 0.224 e. The Hall–Kier alpha value is -2.63. The highest BCUT2D eigenvalue weighted by Crippen LogP contribution is 2.15. The second kappa shape index (κ2) is 7.40. The van der Waals surface area contributed by atoms with Crippen molar-refractivity contribution in [2.24, 2.45) is 0 Å². The van der Waals surface area contributed by atoms with Crippen LogP contribution in [0.15, 0.2) is 30.3 Å². The molecule has 2 rings (SSSR count). The zero-order chi connectivity index (χ0) is 15.9. The van der Waals surface area contributed by atoms with Crippen LogP contribution in [0.3, 0.4) is 0 Å². The minimum atomic E-state index is -0.0891. The molecule has 0 saturated carbocycles. The molecule has 1 aromatic carbocycles. The third-order valence-electron chi connectivity index (χ3n) is 2.98. The predicted molar refractivity (Wildman–Crippen MR) is 86.0 cm³/mol. The molecule has 0 atom stereocenters. The first kappa shape index (κ1) is 15.8. The van der Waals surface area contributed by atoms with Crippen LogP contribution in [0.2, 0.25) is 0 Å². The summed E-state index contributed by atoms with van der Waals surface area (Å²) in [4.78, 5) is 20.3. The van der Waals surface area contributed by atoms with Gasteiger partial charge in [-0.1, -0.05) is 6.07 Å². The van der Waals surface area contributed by atoms with Crippen molar-refractivity contribution in [3.05, 3.63) is 41.7 Å². The van der Waals surface area contributed by atoms with Crippen LogP contribution >= 0.6 is 0 Å². The first-order valence-electron chi connectivity index (χ1n) is 7.18. The summed E-state index contributed by atoms with van der Waals surface area (Å²) >= 11 is 0. The number of anilines is 2. The van der Waals surface area contributed by atoms with Crippen molar-refractivity contribution < 1.29 is 9.90 Å². The fraction of sp³-hybridized carbons (Fsp3) is 0.312. The van der Waals surface area contributed by atoms with Gasteiger partial charge in [-0.05, 0) is 38.5 Å². The number of phenols is 1. The lowest BCUT2D eigenvalue weighted by Crippen LogP contribution is -2.14. The van der Waals surface area contributed by atoms with E-state index in [1.54, 1.807) is 18.2 Å². The molecule has 2 aromatic rings. The fourth-order valence-corrected chi connectivity index (χ4v) is 2.06. The van der Waals surface area contributed by atoms with Gasteiger partial charge in [0.1, 0.15) is 5.75 Å². The minimum Gasteiger partial charge on any atom is -0.508 e. The lowest BCUT2D eigenvalue weighted by atomic mass is 10.2. The number of nitrogens with zero attached hydrogens (tertiary/aromatic N) is 2. The Morgan fingerprint density at radius 2 is 1.91 bits per heavy atom. The van der Waals surface area contributed by atoms with E-state index < -0.39 is 0 Å². The van der Waals surface area contributed by atoms with Crippen LogP contribution in [0.1, 0.15) is 24.2 Å². The van der Waals surface area contributed by atoms with E-state index in [1.165, 1.54) is 6.07 Å². The molecular formula is C16H20N4O2. The van der Waals surface area contributed by atoms with Gasteiger partial charge in [0.25, 0.3) is 0 Å². The Balaban J connectivity index is 1.73. The molecule has 0 aliphatic heterocycles. The number of aromatic nitrogens is 2. The second-order valence-electron chi connectivity index (χ2n) is 5.10. The van der Waals surface area contributed by atoms with E-state index in [9.17, 15) is 9.90 Å². The van der Waals surface area contributed by atoms with E-state index in [-0.39, 0.29) is 11.7 Å². The lowest BCUT2D eigenvalue weighted by molar-refractivity contribution is -0.116. The molecule has 0 radical (unpaired) electrons. The molecule has 6 nitrogen and oxygen atoms in total. The summed E-state index contributed by atoms with van der Waals surface area (Å²) < 4.78 is 0. The molecule has 3 N–H and O–H groups in total. The number of benzene rings is 1. The maximum atomic E-state index is 11.8. The Kier molecular flexibility index (Phi) is 5.30. The number of aromatic hydroxyl groups is 1. The summed E-state index contributed by atoms with van der Waals surface area (Å²) in [6, 6.07) is 8.40. The number of amides is 1. The van der Waals surface area contributed by atoms with Crippen molar-refractivity contribution in [3.63, 3.8) is 0 Å². The average molecular weight is 300 g/mol. The van der Waals surface area contributed by atoms with Gasteiger partial charge in [-0.2, -0.15) is 0 Å². The van der Waals surface area contributed by atoms with Crippen molar-refractivity contribution in [2.75, 3.05) is 17.2 Å². The van der Waals surface area contributed by atoms with Crippen LogP contribution in [0.25, 0.3) is 0 Å². The van der Waals surface area contributed by atoms with Crippen molar-refractivity contribution in [1.29, 1.82) is 0 Å². The normalized spacial score (nSPS) is 10.3. The third kappa shape index (κ3) is 5.05. The van der Waals surface area contributed by atoms with Crippen molar-refractivity contribution >= 4 is 17.5 Å². The van der Waals surface area contributed by atoms with E-state index in [4.69, 9.17) is 0 Å². The molecule has 0 unspecified atom stereocenters. The molecule has 0 spiro atoms. The molecule has 0 aliphatic rings. The molecular weight excluding hydrogens is 280 g/mol. The van der Waals surface area contributed by atoms with E-state index >= 15 is 0 Å². The standard InChI is InChI=1S/C16H20N4O2/c1-11-9-12(2)19-16(18-11)17-8-4-7-15(22)20-13-5-3-6-14(21)10-13/h3,5-6,9-10,21H,4,7-8H2,1-2H3,(H,20,22)(H,17,18,19). The van der Waals surface area contributed by atoms with Gasteiger partial charge in [0.05, 0.1) is 0 Å². The van der Waals surface area contributed by atoms with Gasteiger partial charge in [-0.3, -0.25) is 4.79 Å². The van der Waals surface area contributed by atoms with Crippen molar-refractivity contribution in [1.82, 2.24) is 9.97 Å². The van der Waals surface area contributed by atoms with Gasteiger partial charge in [-0.15, -0.1) is 0 Å². The van der Waals surface area contributed by atoms with Gasteiger partial charge in [-0.25, -0.2) is 9.97 Å². The number of rotatable bonds is 6. The summed E-state index contributed by atoms with van der Waals surface area (Å²) in [5, 5.41) is 15.2. The largest absolute Gasteiger partial charge is 0.508 e. The Morgan fingerprint density at radius 3 is 2.59 bits per heavy atom. The number of carbonyl (C=O) groups excluding carboxylic acids is 1. The van der Waals surface area contributed by atoms with Crippen LogP contribution in [0.5, 0.6) is 5.75 Å². The summed E-state index contributed by atoms with van der Waals surface area (Å²) in [6.45, 7) is 4.46. The highest BCUT2D eigenvalue weighted by atomic mass is 16.3. The molecule has 0 saturated heterocycles. The highest BCUT2D eigenvalue weighted by Gasteiger charge is 2.04. The fourth-order valence-electron chi connectivity index (χ4n) is 2.06. The topological polar surface area (TPSA) is 87.1 Å². The number of nitrogens with one attached hydrogen (secondary N) is 2. The molecule has 116 valence electrons. The van der Waals surface area contributed by atoms with E-state index in [0.29, 0.717) is 31.0 Å². The van der Waals surface area contributed by atoms with Crippen molar-refractivity contribution in [2.45, 2.75) is 26.7 Å². The first-order chi connectivity index (χ1) is 10.5. The molecule has 22 heavy (non-hydrogen) atoms. The predicted octanol–water partition coefficient (Wildman–Crippen LogP) is 2.63. The zero-order valence-electron chi connectivity index (χ0n) is 12.8. The minimum absolute atomic E-state index is 0.0891. The van der Waals surface area contributed by atoms with Gasteiger partial charge >= 0.3 is 0 Å². The molecule has 6 heteroatoms. The lowest BCUT2D eigenvalue weighted by Gasteiger charge is -2.07. The molecule has 0 aliphatic carbocycles. The number of hydrogen-bond acceptors (Lipinski definition) is 5. The molecule has 1 amide bonds. The van der Waals surface area contributed by atoms with Crippen molar-refractivity contribution in [3.8, 4) is 5.75 Å². The highest BCUT2D eigenvalue weighted by molar-refractivity contribution is 5.90. The second-order valence-corrected chi connectivity index (χ2v) is 5.10. The van der Waals surface area contributed by atoms with Gasteiger partial charge in [0, 0.05) is 36.1 Å². The smallest absolute Gasteiger partial charge is 0.224 e. The third-order valence-corrected chi connectivity index (χ3v) is 2.98. The van der Waals surface area contributed by atoms with Crippen LogP contribution < -0.4 is 10.6 Å². The van der Waals surface area contributed by atoms with Gasteiger partial charge in [0.15, 0.2) is 0 Å². The monoisotopic (exact) mass is 300 g/mol. The maximum absolute atomic E-state index is 11.8. The van der Waals surface area contributed by atoms with Crippen LogP contribution in [-0.2, 0) is 4.79 Å².